The van der Waals surface area contributed by atoms with Crippen LogP contribution < -0.4 is 5.32 Å². The van der Waals surface area contributed by atoms with Gasteiger partial charge in [0.05, 0.1) is 13.2 Å². The molecule has 22 heavy (non-hydrogen) atoms. The lowest BCUT2D eigenvalue weighted by Gasteiger charge is -2.36. The van der Waals surface area contributed by atoms with Gasteiger partial charge in [-0.25, -0.2) is 4.79 Å². The van der Waals surface area contributed by atoms with Crippen LogP contribution in [-0.4, -0.2) is 22.5 Å². The summed E-state index contributed by atoms with van der Waals surface area (Å²) in [5, 5.41) is 12.4. The summed E-state index contributed by atoms with van der Waals surface area (Å²) in [4.78, 5) is 24.2. The highest BCUT2D eigenvalue weighted by molar-refractivity contribution is 5.98. The lowest BCUT2D eigenvalue weighted by Crippen LogP contribution is -2.56. The molecule has 5 heteroatoms. The van der Waals surface area contributed by atoms with E-state index in [0.29, 0.717) is 37.5 Å². The zero-order valence-electron chi connectivity index (χ0n) is 12.7. The predicted octanol–water partition coefficient (Wildman–Crippen LogP) is 2.48. The minimum atomic E-state index is -1.13. The Morgan fingerprint density at radius 2 is 1.91 bits per heavy atom. The lowest BCUT2D eigenvalue weighted by atomic mass is 9.77. The molecule has 0 radical (unpaired) electrons. The number of nitrogens with one attached hydrogen (secondary N) is 1. The van der Waals surface area contributed by atoms with Gasteiger partial charge < -0.3 is 15.2 Å². The molecular formula is C17H21NO4. The van der Waals surface area contributed by atoms with E-state index in [1.54, 1.807) is 12.1 Å². The minimum Gasteiger partial charge on any atom is -0.480 e. The largest absolute Gasteiger partial charge is 0.480 e. The number of hydrogen-bond acceptors (Lipinski definition) is 3. The Morgan fingerprint density at radius 1 is 1.23 bits per heavy atom. The highest BCUT2D eigenvalue weighted by atomic mass is 16.5. The van der Waals surface area contributed by atoms with E-state index in [1.807, 2.05) is 6.07 Å². The van der Waals surface area contributed by atoms with Crippen LogP contribution in [-0.2, 0) is 22.7 Å². The highest BCUT2D eigenvalue weighted by Crippen LogP contribution is 2.32. The van der Waals surface area contributed by atoms with E-state index in [0.717, 1.165) is 24.0 Å². The molecule has 0 aromatic heterocycles. The fraction of sp³-hybridized carbons (Fsp3) is 0.529. The number of ether oxygens (including phenoxy) is 1. The van der Waals surface area contributed by atoms with E-state index >= 15 is 0 Å². The van der Waals surface area contributed by atoms with Crippen molar-refractivity contribution in [1.82, 2.24) is 5.32 Å². The third-order valence-electron chi connectivity index (χ3n) is 4.87. The molecule has 5 nitrogen and oxygen atoms in total. The number of amides is 1. The van der Waals surface area contributed by atoms with Crippen molar-refractivity contribution in [3.05, 3.63) is 34.9 Å². The Labute approximate surface area is 129 Å². The van der Waals surface area contributed by atoms with Crippen LogP contribution in [0.3, 0.4) is 0 Å². The summed E-state index contributed by atoms with van der Waals surface area (Å²) in [7, 11) is 0. The standard InChI is InChI=1S/C17H21NO4/c1-11-4-6-17(7-5-11,16(20)21)18-15(19)12-2-3-13-9-22-10-14(13)8-12/h2-3,8,11H,4-7,9-10H2,1H3,(H,18,19)(H,20,21). The molecule has 1 aromatic carbocycles. The number of rotatable bonds is 3. The molecule has 2 aliphatic rings. The maximum absolute atomic E-state index is 12.5. The average Bonchev–Trinajstić information content (AvgIpc) is 2.97. The van der Waals surface area contributed by atoms with Gasteiger partial charge in [-0.05, 0) is 54.9 Å². The van der Waals surface area contributed by atoms with Gasteiger partial charge in [-0.2, -0.15) is 0 Å². The molecule has 0 spiro atoms. The molecule has 1 aliphatic heterocycles. The van der Waals surface area contributed by atoms with E-state index in [4.69, 9.17) is 4.74 Å². The first-order valence-corrected chi connectivity index (χ1v) is 7.76. The normalized spacial score (nSPS) is 27.2. The van der Waals surface area contributed by atoms with Crippen LogP contribution in [0.2, 0.25) is 0 Å². The van der Waals surface area contributed by atoms with Crippen LogP contribution in [0.1, 0.15) is 54.1 Å². The first-order chi connectivity index (χ1) is 10.5. The maximum atomic E-state index is 12.5. The van der Waals surface area contributed by atoms with Gasteiger partial charge in [-0.3, -0.25) is 4.79 Å². The van der Waals surface area contributed by atoms with E-state index in [-0.39, 0.29) is 5.91 Å². The van der Waals surface area contributed by atoms with Crippen LogP contribution in [0, 0.1) is 5.92 Å². The fourth-order valence-electron chi connectivity index (χ4n) is 3.25. The second-order valence-electron chi connectivity index (χ2n) is 6.50. The smallest absolute Gasteiger partial charge is 0.329 e. The van der Waals surface area contributed by atoms with Crippen molar-refractivity contribution in [3.8, 4) is 0 Å². The lowest BCUT2D eigenvalue weighted by molar-refractivity contribution is -0.146. The number of carbonyl (C=O) groups excluding carboxylic acids is 1. The summed E-state index contributed by atoms with van der Waals surface area (Å²) in [6, 6.07) is 5.43. The summed E-state index contributed by atoms with van der Waals surface area (Å²) in [5.41, 5.74) is 1.48. The van der Waals surface area contributed by atoms with Gasteiger partial charge in [-0.1, -0.05) is 13.0 Å². The third kappa shape index (κ3) is 2.73. The predicted molar refractivity (Wildman–Crippen MR) is 80.4 cm³/mol. The number of carboxylic acid groups (broad SMARTS) is 1. The molecule has 118 valence electrons. The van der Waals surface area contributed by atoms with Crippen molar-refractivity contribution < 1.29 is 19.4 Å². The third-order valence-corrected chi connectivity index (χ3v) is 4.87. The molecule has 1 aromatic rings. The van der Waals surface area contributed by atoms with Crippen molar-refractivity contribution in [3.63, 3.8) is 0 Å². The summed E-state index contributed by atoms with van der Waals surface area (Å²) < 4.78 is 5.34. The molecule has 1 fully saturated rings. The Balaban J connectivity index is 1.78. The van der Waals surface area contributed by atoms with Crippen LogP contribution in [0.15, 0.2) is 18.2 Å². The SMILES string of the molecule is CC1CCC(NC(=O)c2ccc3c(c2)COC3)(C(=O)O)CC1. The fourth-order valence-corrected chi connectivity index (χ4v) is 3.25. The van der Waals surface area contributed by atoms with Crippen LogP contribution in [0.5, 0.6) is 0 Å². The average molecular weight is 303 g/mol. The van der Waals surface area contributed by atoms with Crippen LogP contribution in [0.4, 0.5) is 0 Å². The molecule has 1 aliphatic carbocycles. The summed E-state index contributed by atoms with van der Waals surface area (Å²) in [5.74, 6) is -0.731. The van der Waals surface area contributed by atoms with Gasteiger partial charge in [-0.15, -0.1) is 0 Å². The molecule has 0 atom stereocenters. The number of benzene rings is 1. The molecule has 0 saturated heterocycles. The first-order valence-electron chi connectivity index (χ1n) is 7.76. The minimum absolute atomic E-state index is 0.313. The van der Waals surface area contributed by atoms with Crippen molar-refractivity contribution in [2.75, 3.05) is 0 Å². The molecule has 3 rings (SSSR count). The van der Waals surface area contributed by atoms with Crippen LogP contribution in [0.25, 0.3) is 0 Å². The van der Waals surface area contributed by atoms with Crippen molar-refractivity contribution >= 4 is 11.9 Å². The number of fused-ring (bicyclic) bond motifs is 1. The molecule has 0 bridgehead atoms. The summed E-state index contributed by atoms with van der Waals surface area (Å²) in [6.45, 7) is 3.21. The summed E-state index contributed by atoms with van der Waals surface area (Å²) in [6.07, 6.45) is 2.63. The topological polar surface area (TPSA) is 75.6 Å². The second kappa shape index (κ2) is 5.72. The van der Waals surface area contributed by atoms with Crippen molar-refractivity contribution in [2.45, 2.75) is 51.4 Å². The van der Waals surface area contributed by atoms with E-state index in [9.17, 15) is 14.7 Å². The van der Waals surface area contributed by atoms with Gasteiger partial charge in [0.1, 0.15) is 5.54 Å². The maximum Gasteiger partial charge on any atom is 0.329 e. The quantitative estimate of drug-likeness (QED) is 0.899. The Kier molecular flexibility index (Phi) is 3.91. The van der Waals surface area contributed by atoms with Gasteiger partial charge in [0.2, 0.25) is 0 Å². The van der Waals surface area contributed by atoms with Crippen LogP contribution >= 0.6 is 0 Å². The number of carbonyl (C=O) groups is 2. The van der Waals surface area contributed by atoms with Crippen molar-refractivity contribution in [2.24, 2.45) is 5.92 Å². The molecule has 1 amide bonds. The number of aliphatic carboxylic acids is 1. The van der Waals surface area contributed by atoms with E-state index < -0.39 is 11.5 Å². The van der Waals surface area contributed by atoms with Crippen molar-refractivity contribution in [1.29, 1.82) is 0 Å². The number of hydrogen-bond donors (Lipinski definition) is 2. The molecular weight excluding hydrogens is 282 g/mol. The Morgan fingerprint density at radius 3 is 2.59 bits per heavy atom. The highest BCUT2D eigenvalue weighted by Gasteiger charge is 2.42. The summed E-state index contributed by atoms with van der Waals surface area (Å²) >= 11 is 0. The number of carboxylic acids is 1. The van der Waals surface area contributed by atoms with Gasteiger partial charge in [0.15, 0.2) is 0 Å². The molecule has 1 saturated carbocycles. The zero-order valence-corrected chi connectivity index (χ0v) is 12.7. The first kappa shape index (κ1) is 15.0. The molecule has 0 unspecified atom stereocenters. The zero-order chi connectivity index (χ0) is 15.7. The van der Waals surface area contributed by atoms with E-state index in [2.05, 4.69) is 12.2 Å². The van der Waals surface area contributed by atoms with Gasteiger partial charge in [0.25, 0.3) is 5.91 Å². The second-order valence-corrected chi connectivity index (χ2v) is 6.50. The van der Waals surface area contributed by atoms with Gasteiger partial charge >= 0.3 is 5.97 Å². The molecule has 2 N–H and O–H groups in total. The molecule has 1 heterocycles. The Hall–Kier alpha value is -1.88. The van der Waals surface area contributed by atoms with Gasteiger partial charge in [0, 0.05) is 5.56 Å². The monoisotopic (exact) mass is 303 g/mol. The van der Waals surface area contributed by atoms with E-state index in [1.165, 1.54) is 0 Å². The Bertz CT molecular complexity index is 603.